The topological polar surface area (TPSA) is 72.8 Å². The number of carbonyl (C=O) groups is 2. The van der Waals surface area contributed by atoms with Crippen molar-refractivity contribution < 1.29 is 14.7 Å². The van der Waals surface area contributed by atoms with Crippen LogP contribution in [0.1, 0.15) is 21.5 Å². The highest BCUT2D eigenvalue weighted by molar-refractivity contribution is 6.33. The molecule has 0 unspecified atom stereocenters. The van der Waals surface area contributed by atoms with Gasteiger partial charge in [-0.2, -0.15) is 0 Å². The van der Waals surface area contributed by atoms with Crippen molar-refractivity contribution in [2.24, 2.45) is 4.99 Å². The lowest BCUT2D eigenvalue weighted by atomic mass is 10.1. The number of hydrogen-bond acceptors (Lipinski definition) is 4. The van der Waals surface area contributed by atoms with Gasteiger partial charge in [-0.25, -0.2) is 4.99 Å². The second kappa shape index (κ2) is 7.32. The zero-order chi connectivity index (χ0) is 19.5. The van der Waals surface area contributed by atoms with Crippen LogP contribution in [0.2, 0.25) is 0 Å². The number of aromatic carboxylic acids is 1. The molecule has 5 nitrogen and oxygen atoms in total. The van der Waals surface area contributed by atoms with Crippen LogP contribution in [0.3, 0.4) is 0 Å². The molecule has 0 aromatic heterocycles. The highest BCUT2D eigenvalue weighted by atomic mass is 16.4. The summed E-state index contributed by atoms with van der Waals surface area (Å²) in [5, 5.41) is 11.3. The van der Waals surface area contributed by atoms with E-state index in [4.69, 9.17) is 0 Å². The number of anilines is 1. The molecule has 0 radical (unpaired) electrons. The van der Waals surface area contributed by atoms with E-state index in [9.17, 15) is 14.7 Å². The minimum atomic E-state index is -1.30. The summed E-state index contributed by atoms with van der Waals surface area (Å²) < 4.78 is 0. The summed E-state index contributed by atoms with van der Waals surface area (Å²) in [5.74, 6) is -1.17. The van der Waals surface area contributed by atoms with Crippen LogP contribution in [0.25, 0.3) is 6.08 Å². The largest absolute Gasteiger partial charge is 0.545 e. The van der Waals surface area contributed by atoms with Crippen molar-refractivity contribution in [1.82, 2.24) is 0 Å². The summed E-state index contributed by atoms with van der Waals surface area (Å²) in [4.78, 5) is 30.4. The molecule has 136 valence electrons. The SMILES string of the molecule is O=C([O-])c1cccc(N2C(=O)/C(=C\c3ccccc3)N=C2c2ccccc2)c1. The van der Waals surface area contributed by atoms with Crippen LogP contribution in [0.15, 0.2) is 95.6 Å². The van der Waals surface area contributed by atoms with E-state index in [0.717, 1.165) is 11.1 Å². The van der Waals surface area contributed by atoms with Crippen molar-refractivity contribution in [3.05, 3.63) is 107 Å². The third kappa shape index (κ3) is 3.33. The molecule has 5 heteroatoms. The average Bonchev–Trinajstić information content (AvgIpc) is 3.05. The Morgan fingerprint density at radius 1 is 0.893 bits per heavy atom. The van der Waals surface area contributed by atoms with Gasteiger partial charge in [0, 0.05) is 5.56 Å². The van der Waals surface area contributed by atoms with E-state index >= 15 is 0 Å². The van der Waals surface area contributed by atoms with Crippen LogP contribution >= 0.6 is 0 Å². The van der Waals surface area contributed by atoms with Crippen molar-refractivity contribution in [3.8, 4) is 0 Å². The number of aliphatic imine (C=N–C) groups is 1. The Morgan fingerprint density at radius 2 is 1.57 bits per heavy atom. The number of carboxylic acids is 1. The van der Waals surface area contributed by atoms with Gasteiger partial charge < -0.3 is 9.90 Å². The van der Waals surface area contributed by atoms with Crippen LogP contribution in [-0.2, 0) is 4.79 Å². The van der Waals surface area contributed by atoms with Gasteiger partial charge in [0.25, 0.3) is 5.91 Å². The smallest absolute Gasteiger partial charge is 0.282 e. The molecule has 0 aliphatic carbocycles. The van der Waals surface area contributed by atoms with Gasteiger partial charge in [0.15, 0.2) is 0 Å². The summed E-state index contributed by atoms with van der Waals surface area (Å²) in [6.07, 6.45) is 1.72. The molecule has 1 heterocycles. The molecule has 0 saturated heterocycles. The summed E-state index contributed by atoms with van der Waals surface area (Å²) in [6, 6.07) is 24.8. The highest BCUT2D eigenvalue weighted by Gasteiger charge is 2.32. The quantitative estimate of drug-likeness (QED) is 0.666. The highest BCUT2D eigenvalue weighted by Crippen LogP contribution is 2.28. The van der Waals surface area contributed by atoms with Crippen LogP contribution < -0.4 is 10.0 Å². The van der Waals surface area contributed by atoms with Crippen molar-refractivity contribution in [2.45, 2.75) is 0 Å². The predicted molar refractivity (Wildman–Crippen MR) is 106 cm³/mol. The zero-order valence-corrected chi connectivity index (χ0v) is 14.8. The van der Waals surface area contributed by atoms with E-state index in [0.29, 0.717) is 11.5 Å². The van der Waals surface area contributed by atoms with Gasteiger partial charge in [0.05, 0.1) is 11.7 Å². The third-order valence-corrected chi connectivity index (χ3v) is 4.34. The number of hydrogen-bond donors (Lipinski definition) is 0. The molecule has 4 rings (SSSR count). The number of nitrogens with zero attached hydrogens (tertiary/aromatic N) is 2. The molecule has 28 heavy (non-hydrogen) atoms. The maximum absolute atomic E-state index is 13.2. The Labute approximate surface area is 161 Å². The molecule has 0 fully saturated rings. The molecule has 0 saturated carbocycles. The van der Waals surface area contributed by atoms with E-state index in [-0.39, 0.29) is 17.2 Å². The summed E-state index contributed by atoms with van der Waals surface area (Å²) in [7, 11) is 0. The van der Waals surface area contributed by atoms with Gasteiger partial charge in [-0.05, 0) is 29.3 Å². The number of carbonyl (C=O) groups excluding carboxylic acids is 2. The van der Waals surface area contributed by atoms with Crippen molar-refractivity contribution >= 4 is 29.5 Å². The van der Waals surface area contributed by atoms with Crippen molar-refractivity contribution in [1.29, 1.82) is 0 Å². The third-order valence-electron chi connectivity index (χ3n) is 4.34. The standard InChI is InChI=1S/C23H16N2O3/c26-22-20(14-16-8-3-1-4-9-16)24-21(17-10-5-2-6-11-17)25(22)19-13-7-12-18(15-19)23(27)28/h1-15H,(H,27,28)/p-1/b20-14+. The maximum Gasteiger partial charge on any atom is 0.282 e. The molecule has 1 aliphatic rings. The number of amidine groups is 1. The zero-order valence-electron chi connectivity index (χ0n) is 14.8. The predicted octanol–water partition coefficient (Wildman–Crippen LogP) is 2.88. The van der Waals surface area contributed by atoms with Crippen molar-refractivity contribution in [3.63, 3.8) is 0 Å². The van der Waals surface area contributed by atoms with Crippen LogP contribution in [0.4, 0.5) is 5.69 Å². The fourth-order valence-corrected chi connectivity index (χ4v) is 3.02. The normalized spacial score (nSPS) is 15.0. The Kier molecular flexibility index (Phi) is 4.56. The monoisotopic (exact) mass is 367 g/mol. The first kappa shape index (κ1) is 17.4. The first-order chi connectivity index (χ1) is 13.6. The average molecular weight is 367 g/mol. The molecule has 0 atom stereocenters. The number of benzene rings is 3. The second-order valence-corrected chi connectivity index (χ2v) is 6.22. The lowest BCUT2D eigenvalue weighted by Crippen LogP contribution is -2.33. The van der Waals surface area contributed by atoms with E-state index in [1.165, 1.54) is 17.0 Å². The van der Waals surface area contributed by atoms with Crippen LogP contribution in [-0.4, -0.2) is 17.7 Å². The molecule has 0 N–H and O–H groups in total. The van der Waals surface area contributed by atoms with Gasteiger partial charge >= 0.3 is 0 Å². The lowest BCUT2D eigenvalue weighted by molar-refractivity contribution is -0.255. The summed E-state index contributed by atoms with van der Waals surface area (Å²) >= 11 is 0. The Morgan fingerprint density at radius 3 is 2.25 bits per heavy atom. The van der Waals surface area contributed by atoms with E-state index < -0.39 is 5.97 Å². The first-order valence-electron chi connectivity index (χ1n) is 8.70. The van der Waals surface area contributed by atoms with Gasteiger partial charge in [0.1, 0.15) is 11.5 Å². The fraction of sp³-hybridized carbons (Fsp3) is 0. The lowest BCUT2D eigenvalue weighted by Gasteiger charge is -2.19. The van der Waals surface area contributed by atoms with Gasteiger partial charge in [-0.1, -0.05) is 72.8 Å². The number of amides is 1. The van der Waals surface area contributed by atoms with Gasteiger partial charge in [-0.15, -0.1) is 0 Å². The number of carboxylic acid groups (broad SMARTS) is 1. The molecule has 0 spiro atoms. The summed E-state index contributed by atoms with van der Waals surface area (Å²) in [6.45, 7) is 0. The Balaban J connectivity index is 1.84. The van der Waals surface area contributed by atoms with E-state index in [1.807, 2.05) is 60.7 Å². The molecule has 3 aromatic carbocycles. The molecule has 1 amide bonds. The van der Waals surface area contributed by atoms with Gasteiger partial charge in [0.2, 0.25) is 0 Å². The molecule has 1 aliphatic heterocycles. The van der Waals surface area contributed by atoms with Crippen LogP contribution in [0.5, 0.6) is 0 Å². The van der Waals surface area contributed by atoms with E-state index in [1.54, 1.807) is 18.2 Å². The molecular weight excluding hydrogens is 352 g/mol. The Bertz CT molecular complexity index is 1100. The number of rotatable bonds is 4. The maximum atomic E-state index is 13.2. The van der Waals surface area contributed by atoms with E-state index in [2.05, 4.69) is 4.99 Å². The first-order valence-corrected chi connectivity index (χ1v) is 8.70. The molecule has 0 bridgehead atoms. The van der Waals surface area contributed by atoms with Gasteiger partial charge in [-0.3, -0.25) is 9.69 Å². The van der Waals surface area contributed by atoms with Crippen LogP contribution in [0, 0.1) is 0 Å². The summed E-state index contributed by atoms with van der Waals surface area (Å²) in [5.41, 5.74) is 2.31. The van der Waals surface area contributed by atoms with Crippen molar-refractivity contribution in [2.75, 3.05) is 4.90 Å². The Hall–Kier alpha value is -3.99. The minimum absolute atomic E-state index is 0.00167. The molecular formula is C23H15N2O3-. The molecule has 3 aromatic rings. The second-order valence-electron chi connectivity index (χ2n) is 6.22. The fourth-order valence-electron chi connectivity index (χ4n) is 3.02. The minimum Gasteiger partial charge on any atom is -0.545 e.